The van der Waals surface area contributed by atoms with Gasteiger partial charge >= 0.3 is 0 Å². The molecule has 1 unspecified atom stereocenters. The lowest BCUT2D eigenvalue weighted by atomic mass is 10.1. The summed E-state index contributed by atoms with van der Waals surface area (Å²) in [6, 6.07) is 5.67. The fourth-order valence-corrected chi connectivity index (χ4v) is 2.47. The Morgan fingerprint density at radius 3 is 2.59 bits per heavy atom. The Morgan fingerprint density at radius 2 is 2.05 bits per heavy atom. The summed E-state index contributed by atoms with van der Waals surface area (Å²) in [5.74, 6) is 1.15. The van der Waals surface area contributed by atoms with Gasteiger partial charge in [0.2, 0.25) is 5.91 Å². The maximum atomic E-state index is 12.7. The highest BCUT2D eigenvalue weighted by Gasteiger charge is 2.23. The van der Waals surface area contributed by atoms with Crippen molar-refractivity contribution in [2.75, 3.05) is 7.05 Å². The second-order valence-corrected chi connectivity index (χ2v) is 6.00. The van der Waals surface area contributed by atoms with Crippen LogP contribution in [-0.2, 0) is 11.3 Å². The first-order valence-corrected chi connectivity index (χ1v) is 7.85. The SMILES string of the molecule is CCCC(C(=O)N(C)Cc1cc(C(C)C)no1)n1cccc1. The van der Waals surface area contributed by atoms with Gasteiger partial charge in [-0.3, -0.25) is 4.79 Å². The van der Waals surface area contributed by atoms with E-state index in [4.69, 9.17) is 4.52 Å². The van der Waals surface area contributed by atoms with Crippen molar-refractivity contribution in [1.82, 2.24) is 14.6 Å². The minimum atomic E-state index is -0.155. The number of nitrogens with zero attached hydrogens (tertiary/aromatic N) is 3. The quantitative estimate of drug-likeness (QED) is 0.785. The fraction of sp³-hybridized carbons (Fsp3) is 0.529. The molecule has 1 amide bonds. The third-order valence-corrected chi connectivity index (χ3v) is 3.77. The number of likely N-dealkylation sites (N-methyl/N-ethyl adjacent to an activating group) is 1. The van der Waals surface area contributed by atoms with Gasteiger partial charge in [-0.05, 0) is 24.5 Å². The number of carbonyl (C=O) groups excluding carboxylic acids is 1. The first kappa shape index (κ1) is 16.3. The third-order valence-electron chi connectivity index (χ3n) is 3.77. The molecule has 0 aromatic carbocycles. The van der Waals surface area contributed by atoms with Crippen molar-refractivity contribution < 1.29 is 9.32 Å². The standard InChI is InChI=1S/C17H25N3O2/c1-5-8-16(20-9-6-7-10-20)17(21)19(4)12-14-11-15(13(2)3)18-22-14/h6-7,9-11,13,16H,5,8,12H2,1-4H3. The van der Waals surface area contributed by atoms with Crippen molar-refractivity contribution in [3.05, 3.63) is 42.0 Å². The molecule has 0 saturated heterocycles. The molecule has 2 heterocycles. The first-order chi connectivity index (χ1) is 10.5. The molecule has 0 N–H and O–H groups in total. The zero-order valence-electron chi connectivity index (χ0n) is 13.8. The molecule has 0 aliphatic carbocycles. The summed E-state index contributed by atoms with van der Waals surface area (Å²) in [6.45, 7) is 6.68. The highest BCUT2D eigenvalue weighted by atomic mass is 16.5. The number of amides is 1. The molecule has 0 radical (unpaired) electrons. The van der Waals surface area contributed by atoms with Gasteiger partial charge in [0.25, 0.3) is 0 Å². The van der Waals surface area contributed by atoms with Crippen molar-refractivity contribution in [2.45, 2.75) is 52.1 Å². The number of hydrogen-bond donors (Lipinski definition) is 0. The molecule has 5 heteroatoms. The van der Waals surface area contributed by atoms with Crippen molar-refractivity contribution in [3.63, 3.8) is 0 Å². The largest absolute Gasteiger partial charge is 0.359 e. The van der Waals surface area contributed by atoms with Gasteiger partial charge in [0.05, 0.1) is 12.2 Å². The zero-order chi connectivity index (χ0) is 16.1. The Hall–Kier alpha value is -2.04. The molecule has 0 spiro atoms. The molecule has 2 aromatic heterocycles. The van der Waals surface area contributed by atoms with E-state index < -0.39 is 0 Å². The molecular formula is C17H25N3O2. The van der Waals surface area contributed by atoms with E-state index in [0.717, 1.165) is 24.3 Å². The molecule has 0 bridgehead atoms. The monoisotopic (exact) mass is 303 g/mol. The normalized spacial score (nSPS) is 12.6. The van der Waals surface area contributed by atoms with E-state index in [1.54, 1.807) is 4.90 Å². The van der Waals surface area contributed by atoms with Gasteiger partial charge in [0.15, 0.2) is 5.76 Å². The summed E-state index contributed by atoms with van der Waals surface area (Å²) < 4.78 is 7.30. The van der Waals surface area contributed by atoms with Gasteiger partial charge < -0.3 is 14.0 Å². The Balaban J connectivity index is 2.06. The van der Waals surface area contributed by atoms with Gasteiger partial charge in [-0.2, -0.15) is 0 Å². The van der Waals surface area contributed by atoms with Crippen LogP contribution in [0.15, 0.2) is 35.1 Å². The van der Waals surface area contributed by atoms with Gasteiger partial charge in [0.1, 0.15) is 6.04 Å². The molecule has 0 fully saturated rings. The summed E-state index contributed by atoms with van der Waals surface area (Å²) in [6.07, 6.45) is 5.67. The lowest BCUT2D eigenvalue weighted by Gasteiger charge is -2.24. The van der Waals surface area contributed by atoms with E-state index in [9.17, 15) is 4.79 Å². The van der Waals surface area contributed by atoms with Crippen LogP contribution in [0.1, 0.15) is 57.0 Å². The Labute approximate surface area is 131 Å². The summed E-state index contributed by atoms with van der Waals surface area (Å²) in [5.41, 5.74) is 0.923. The van der Waals surface area contributed by atoms with E-state index >= 15 is 0 Å². The zero-order valence-corrected chi connectivity index (χ0v) is 13.8. The van der Waals surface area contributed by atoms with Crippen LogP contribution >= 0.6 is 0 Å². The average molecular weight is 303 g/mol. The molecule has 0 aliphatic rings. The van der Waals surface area contributed by atoms with Crippen molar-refractivity contribution in [2.24, 2.45) is 0 Å². The van der Waals surface area contributed by atoms with Gasteiger partial charge in [0, 0.05) is 25.5 Å². The fourth-order valence-electron chi connectivity index (χ4n) is 2.47. The second kappa shape index (κ2) is 7.29. The van der Waals surface area contributed by atoms with Crippen LogP contribution in [0.25, 0.3) is 0 Å². The third kappa shape index (κ3) is 3.78. The van der Waals surface area contributed by atoms with Gasteiger partial charge in [-0.1, -0.05) is 32.3 Å². The molecule has 5 nitrogen and oxygen atoms in total. The maximum absolute atomic E-state index is 12.7. The Morgan fingerprint density at radius 1 is 1.36 bits per heavy atom. The van der Waals surface area contributed by atoms with E-state index in [2.05, 4.69) is 25.9 Å². The predicted molar refractivity (Wildman–Crippen MR) is 85.4 cm³/mol. The smallest absolute Gasteiger partial charge is 0.245 e. The van der Waals surface area contributed by atoms with E-state index in [1.165, 1.54) is 0 Å². The average Bonchev–Trinajstić information content (AvgIpc) is 3.15. The van der Waals surface area contributed by atoms with Crippen molar-refractivity contribution in [1.29, 1.82) is 0 Å². The van der Waals surface area contributed by atoms with Crippen LogP contribution in [0.5, 0.6) is 0 Å². The minimum absolute atomic E-state index is 0.0977. The minimum Gasteiger partial charge on any atom is -0.359 e. The Bertz CT molecular complexity index is 587. The lowest BCUT2D eigenvalue weighted by molar-refractivity contribution is -0.134. The predicted octanol–water partition coefficient (Wildman–Crippen LogP) is 3.60. The molecule has 2 rings (SSSR count). The molecule has 0 saturated carbocycles. The van der Waals surface area contributed by atoms with Gasteiger partial charge in [-0.15, -0.1) is 0 Å². The topological polar surface area (TPSA) is 51.3 Å². The van der Waals surface area contributed by atoms with E-state index in [1.807, 2.05) is 42.2 Å². The van der Waals surface area contributed by atoms with Crippen molar-refractivity contribution in [3.8, 4) is 0 Å². The molecule has 120 valence electrons. The summed E-state index contributed by atoms with van der Waals surface area (Å²) in [4.78, 5) is 14.4. The molecule has 1 atom stereocenters. The van der Waals surface area contributed by atoms with Crippen LogP contribution in [0.2, 0.25) is 0 Å². The highest BCUT2D eigenvalue weighted by molar-refractivity contribution is 5.80. The molecule has 22 heavy (non-hydrogen) atoms. The van der Waals surface area contributed by atoms with Crippen LogP contribution in [0.4, 0.5) is 0 Å². The first-order valence-electron chi connectivity index (χ1n) is 7.85. The molecule has 2 aromatic rings. The lowest BCUT2D eigenvalue weighted by Crippen LogP contribution is -2.33. The number of rotatable bonds is 7. The summed E-state index contributed by atoms with van der Waals surface area (Å²) >= 11 is 0. The van der Waals surface area contributed by atoms with Crippen LogP contribution in [0, 0.1) is 0 Å². The molecule has 0 aliphatic heterocycles. The number of aromatic nitrogens is 2. The summed E-state index contributed by atoms with van der Waals surface area (Å²) in [7, 11) is 1.81. The summed E-state index contributed by atoms with van der Waals surface area (Å²) in [5, 5.41) is 4.04. The Kier molecular flexibility index (Phi) is 5.41. The van der Waals surface area contributed by atoms with Crippen molar-refractivity contribution >= 4 is 5.91 Å². The van der Waals surface area contributed by atoms with E-state index in [-0.39, 0.29) is 11.9 Å². The van der Waals surface area contributed by atoms with Gasteiger partial charge in [-0.25, -0.2) is 0 Å². The van der Waals surface area contributed by atoms with Crippen LogP contribution in [-0.4, -0.2) is 27.6 Å². The number of hydrogen-bond acceptors (Lipinski definition) is 3. The second-order valence-electron chi connectivity index (χ2n) is 6.00. The van der Waals surface area contributed by atoms with E-state index in [0.29, 0.717) is 12.5 Å². The number of carbonyl (C=O) groups is 1. The molecular weight excluding hydrogens is 278 g/mol. The maximum Gasteiger partial charge on any atom is 0.245 e. The van der Waals surface area contributed by atoms with Crippen LogP contribution in [0.3, 0.4) is 0 Å². The van der Waals surface area contributed by atoms with Crippen LogP contribution < -0.4 is 0 Å². The highest BCUT2D eigenvalue weighted by Crippen LogP contribution is 2.19.